The van der Waals surface area contributed by atoms with Gasteiger partial charge in [0.2, 0.25) is 0 Å². The molecule has 0 aliphatic carbocycles. The summed E-state index contributed by atoms with van der Waals surface area (Å²) >= 11 is 0. The van der Waals surface area contributed by atoms with Crippen molar-refractivity contribution in [2.45, 2.75) is 90.3 Å². The van der Waals surface area contributed by atoms with Gasteiger partial charge in [-0.3, -0.25) is 18.0 Å². The molecule has 2 aromatic carbocycles. The molecule has 0 bridgehead atoms. The average molecular weight is 705 g/mol. The molecule has 2 aliphatic rings. The summed E-state index contributed by atoms with van der Waals surface area (Å²) in [6.45, 7) is 12.9. The smallest absolute Gasteiger partial charge is 0.313 e. The molecule has 0 amide bonds. The first-order chi connectivity index (χ1) is 22.9. The molecule has 4 rings (SSSR count). The van der Waals surface area contributed by atoms with E-state index < -0.39 is 10.4 Å². The lowest BCUT2D eigenvalue weighted by molar-refractivity contribution is -0.896. The highest BCUT2D eigenvalue weighted by Crippen LogP contribution is 2.31. The van der Waals surface area contributed by atoms with Crippen LogP contribution in [0.2, 0.25) is 0 Å². The van der Waals surface area contributed by atoms with Gasteiger partial charge < -0.3 is 27.5 Å². The summed E-state index contributed by atoms with van der Waals surface area (Å²) in [5.74, 6) is 0.221. The first-order valence-corrected chi connectivity index (χ1v) is 19.0. The van der Waals surface area contributed by atoms with E-state index in [1.54, 1.807) is 0 Å². The topological polar surface area (TPSA) is 133 Å². The van der Waals surface area contributed by atoms with Crippen LogP contribution in [0.4, 0.5) is 0 Å². The Morgan fingerprint density at radius 1 is 0.653 bits per heavy atom. The van der Waals surface area contributed by atoms with Crippen LogP contribution in [0.3, 0.4) is 0 Å². The van der Waals surface area contributed by atoms with Gasteiger partial charge in [-0.05, 0) is 23.0 Å². The van der Waals surface area contributed by atoms with Gasteiger partial charge in [0.1, 0.15) is 12.2 Å². The predicted molar refractivity (Wildman–Crippen MR) is 190 cm³/mol. The number of carbonyl (C=O) groups excluding carboxylic acids is 2. The SMILES string of the molecule is CCC(C)C(C(=O)OC1CC[N+](C)(C)CC1)c1ccccc1.CCC(C)C(C(=O)OC1CC[N+](C)(C)CC1)c1ccccc1.O=S(=O)([O-])[O-]. The highest BCUT2D eigenvalue weighted by molar-refractivity contribution is 7.79. The molecule has 2 fully saturated rings. The molecular formula is C38H60N2O8S. The Morgan fingerprint density at radius 2 is 0.918 bits per heavy atom. The molecule has 2 saturated heterocycles. The summed E-state index contributed by atoms with van der Waals surface area (Å²) < 4.78 is 47.9. The number of benzene rings is 2. The highest BCUT2D eigenvalue weighted by atomic mass is 32.3. The monoisotopic (exact) mass is 704 g/mol. The fraction of sp³-hybridized carbons (Fsp3) is 0.632. The van der Waals surface area contributed by atoms with E-state index in [4.69, 9.17) is 27.0 Å². The van der Waals surface area contributed by atoms with Crippen LogP contribution in [0.25, 0.3) is 0 Å². The summed E-state index contributed by atoms with van der Waals surface area (Å²) in [4.78, 5) is 25.5. The van der Waals surface area contributed by atoms with Gasteiger partial charge in [-0.15, -0.1) is 0 Å². The van der Waals surface area contributed by atoms with E-state index in [9.17, 15) is 9.59 Å². The molecule has 4 unspecified atom stereocenters. The van der Waals surface area contributed by atoms with Gasteiger partial charge in [0.15, 0.2) is 0 Å². The fourth-order valence-electron chi connectivity index (χ4n) is 6.38. The Hall–Kier alpha value is -2.83. The number of carbonyl (C=O) groups is 2. The van der Waals surface area contributed by atoms with Gasteiger partial charge in [-0.1, -0.05) is 101 Å². The van der Waals surface area contributed by atoms with Crippen molar-refractivity contribution in [1.82, 2.24) is 0 Å². The Morgan fingerprint density at radius 3 is 1.16 bits per heavy atom. The Balaban J connectivity index is 0.000000299. The van der Waals surface area contributed by atoms with Gasteiger partial charge in [-0.25, -0.2) is 0 Å². The lowest BCUT2D eigenvalue weighted by Gasteiger charge is -2.37. The molecule has 2 aliphatic heterocycles. The maximum absolute atomic E-state index is 12.7. The second kappa shape index (κ2) is 19.5. The summed E-state index contributed by atoms with van der Waals surface area (Å²) in [5.41, 5.74) is 2.16. The number of ether oxygens (including phenoxy) is 2. The van der Waals surface area contributed by atoms with Crippen molar-refractivity contribution in [2.24, 2.45) is 11.8 Å². The normalized spacial score (nSPS) is 20.1. The van der Waals surface area contributed by atoms with Crippen LogP contribution in [0.1, 0.15) is 89.2 Å². The molecule has 0 radical (unpaired) electrons. The molecule has 0 aromatic heterocycles. The largest absolute Gasteiger partial charge is 0.759 e. The number of quaternary nitrogens is 2. The molecule has 276 valence electrons. The van der Waals surface area contributed by atoms with Crippen molar-refractivity contribution in [3.63, 3.8) is 0 Å². The van der Waals surface area contributed by atoms with Gasteiger partial charge in [-0.2, -0.15) is 0 Å². The molecule has 49 heavy (non-hydrogen) atoms. The van der Waals surface area contributed by atoms with Crippen LogP contribution < -0.4 is 0 Å². The molecule has 0 N–H and O–H groups in total. The highest BCUT2D eigenvalue weighted by Gasteiger charge is 2.34. The molecule has 4 atom stereocenters. The summed E-state index contributed by atoms with van der Waals surface area (Å²) in [6.07, 6.45) is 6.03. The van der Waals surface area contributed by atoms with Crippen molar-refractivity contribution < 1.29 is 45.6 Å². The zero-order chi connectivity index (χ0) is 36.8. The van der Waals surface area contributed by atoms with Crippen molar-refractivity contribution in [3.8, 4) is 0 Å². The third-order valence-corrected chi connectivity index (χ3v) is 10.0. The zero-order valence-electron chi connectivity index (χ0n) is 30.9. The van der Waals surface area contributed by atoms with Crippen LogP contribution in [-0.4, -0.2) is 105 Å². The number of hydrogen-bond donors (Lipinski definition) is 0. The molecule has 2 aromatic rings. The number of piperidine rings is 2. The van der Waals surface area contributed by atoms with E-state index in [0.29, 0.717) is 11.8 Å². The number of esters is 2. The van der Waals surface area contributed by atoms with Crippen molar-refractivity contribution in [3.05, 3.63) is 71.8 Å². The van der Waals surface area contributed by atoms with Crippen molar-refractivity contribution in [2.75, 3.05) is 54.4 Å². The molecule has 11 heteroatoms. The van der Waals surface area contributed by atoms with Crippen LogP contribution in [0, 0.1) is 11.8 Å². The minimum Gasteiger partial charge on any atom is -0.759 e. The van der Waals surface area contributed by atoms with Crippen LogP contribution >= 0.6 is 0 Å². The third-order valence-electron chi connectivity index (χ3n) is 10.0. The zero-order valence-corrected chi connectivity index (χ0v) is 31.7. The standard InChI is InChI=1S/2C19H30NO2.H2O4S/c2*1-5-15(2)18(16-9-7-6-8-10-16)19(21)22-17-11-13-20(3,4)14-12-17;1-5(2,3)4/h2*6-10,15,17-18H,5,11-14H2,1-4H3;(H2,1,2,3,4)/q2*+1;/p-2. The first kappa shape index (κ1) is 42.3. The third kappa shape index (κ3) is 15.7. The molecule has 0 saturated carbocycles. The number of rotatable bonds is 10. The fourth-order valence-corrected chi connectivity index (χ4v) is 6.38. The number of nitrogens with zero attached hydrogens (tertiary/aromatic N) is 2. The average Bonchev–Trinajstić information content (AvgIpc) is 3.03. The van der Waals surface area contributed by atoms with E-state index >= 15 is 0 Å². The maximum Gasteiger partial charge on any atom is 0.313 e. The van der Waals surface area contributed by atoms with Crippen molar-refractivity contribution in [1.29, 1.82) is 0 Å². The molecule has 2 heterocycles. The Kier molecular flexibility index (Phi) is 16.9. The number of likely N-dealkylation sites (tertiary alicyclic amines) is 2. The molecule has 10 nitrogen and oxygen atoms in total. The van der Waals surface area contributed by atoms with E-state index in [2.05, 4.69) is 55.9 Å². The van der Waals surface area contributed by atoms with Gasteiger partial charge >= 0.3 is 11.9 Å². The van der Waals surface area contributed by atoms with E-state index in [1.807, 2.05) is 60.7 Å². The summed E-state index contributed by atoms with van der Waals surface area (Å²) in [6, 6.07) is 20.1. The first-order valence-electron chi connectivity index (χ1n) is 17.7. The van der Waals surface area contributed by atoms with Gasteiger partial charge in [0, 0.05) is 36.1 Å². The lowest BCUT2D eigenvalue weighted by Crippen LogP contribution is -2.48. The lowest BCUT2D eigenvalue weighted by atomic mass is 9.85. The number of hydrogen-bond acceptors (Lipinski definition) is 8. The molecular weight excluding hydrogens is 644 g/mol. The summed E-state index contributed by atoms with van der Waals surface area (Å²) in [7, 11) is 3.79. The minimum atomic E-state index is -5.17. The van der Waals surface area contributed by atoms with Crippen LogP contribution in [0.5, 0.6) is 0 Å². The van der Waals surface area contributed by atoms with Gasteiger partial charge in [0.25, 0.3) is 0 Å². The summed E-state index contributed by atoms with van der Waals surface area (Å²) in [5, 5.41) is 0. The van der Waals surface area contributed by atoms with E-state index in [1.165, 1.54) is 0 Å². The van der Waals surface area contributed by atoms with E-state index in [0.717, 1.165) is 84.8 Å². The second-order valence-corrected chi connectivity index (χ2v) is 15.8. The maximum atomic E-state index is 12.7. The van der Waals surface area contributed by atoms with Crippen LogP contribution in [-0.2, 0) is 29.5 Å². The van der Waals surface area contributed by atoms with E-state index in [-0.39, 0.29) is 36.0 Å². The molecule has 0 spiro atoms. The van der Waals surface area contributed by atoms with Crippen molar-refractivity contribution >= 4 is 22.3 Å². The minimum absolute atomic E-state index is 0.0437. The quantitative estimate of drug-likeness (QED) is 0.130. The van der Waals surface area contributed by atoms with Crippen LogP contribution in [0.15, 0.2) is 60.7 Å². The second-order valence-electron chi connectivity index (χ2n) is 15.0. The predicted octanol–water partition coefficient (Wildman–Crippen LogP) is 5.86. The van der Waals surface area contributed by atoms with Gasteiger partial charge in [0.05, 0.1) is 66.2 Å². The Bertz CT molecular complexity index is 1270. The Labute approximate surface area is 295 Å².